The molecular weight excluding hydrogens is 396 g/mol. The van der Waals surface area contributed by atoms with Crippen LogP contribution in [0.15, 0.2) is 53.4 Å². The van der Waals surface area contributed by atoms with Gasteiger partial charge < -0.3 is 9.84 Å². The third-order valence-electron chi connectivity index (χ3n) is 4.55. The molecule has 0 atom stereocenters. The maximum Gasteiger partial charge on any atom is 0.339 e. The van der Waals surface area contributed by atoms with Gasteiger partial charge in [0.15, 0.2) is 15.6 Å². The number of cyclic esters (lactones) is 1. The van der Waals surface area contributed by atoms with Gasteiger partial charge in [0.2, 0.25) is 0 Å². The number of rotatable bonds is 7. The van der Waals surface area contributed by atoms with Gasteiger partial charge in [-0.2, -0.15) is 0 Å². The van der Waals surface area contributed by atoms with Crippen molar-refractivity contribution in [1.82, 2.24) is 0 Å². The number of hydrogen-bond acceptors (Lipinski definition) is 6. The summed E-state index contributed by atoms with van der Waals surface area (Å²) in [4.78, 5) is 35.9. The van der Waals surface area contributed by atoms with Gasteiger partial charge in [-0.25, -0.2) is 13.2 Å². The van der Waals surface area contributed by atoms with Crippen LogP contribution >= 0.6 is 0 Å². The number of hydrogen-bond donors (Lipinski definition) is 1. The summed E-state index contributed by atoms with van der Waals surface area (Å²) >= 11 is 0. The molecule has 0 spiro atoms. The summed E-state index contributed by atoms with van der Waals surface area (Å²) in [5.74, 6) is -2.06. The van der Waals surface area contributed by atoms with Crippen LogP contribution in [0.1, 0.15) is 34.3 Å². The predicted molar refractivity (Wildman–Crippen MR) is 105 cm³/mol. The third-order valence-corrected chi connectivity index (χ3v) is 5.68. The molecule has 29 heavy (non-hydrogen) atoms. The highest BCUT2D eigenvalue weighted by atomic mass is 32.2. The van der Waals surface area contributed by atoms with E-state index in [1.807, 2.05) is 0 Å². The van der Waals surface area contributed by atoms with E-state index in [4.69, 9.17) is 9.84 Å². The summed E-state index contributed by atoms with van der Waals surface area (Å²) < 4.78 is 28.5. The summed E-state index contributed by atoms with van der Waals surface area (Å²) in [7, 11) is -3.36. The van der Waals surface area contributed by atoms with E-state index in [0.717, 1.165) is 6.26 Å². The Morgan fingerprint density at radius 1 is 1.03 bits per heavy atom. The van der Waals surface area contributed by atoms with Gasteiger partial charge in [0, 0.05) is 29.4 Å². The summed E-state index contributed by atoms with van der Waals surface area (Å²) in [6.07, 6.45) is 0.609. The lowest BCUT2D eigenvalue weighted by Gasteiger charge is -2.10. The van der Waals surface area contributed by atoms with Crippen LogP contribution in [0.4, 0.5) is 0 Å². The molecule has 1 heterocycles. The van der Waals surface area contributed by atoms with E-state index >= 15 is 0 Å². The number of benzene rings is 2. The van der Waals surface area contributed by atoms with Gasteiger partial charge in [-0.05, 0) is 17.7 Å². The zero-order valence-corrected chi connectivity index (χ0v) is 16.4. The van der Waals surface area contributed by atoms with Crippen molar-refractivity contribution in [3.8, 4) is 0 Å². The second kappa shape index (κ2) is 8.00. The van der Waals surface area contributed by atoms with Gasteiger partial charge in [0.25, 0.3) is 0 Å². The van der Waals surface area contributed by atoms with Crippen molar-refractivity contribution < 1.29 is 32.6 Å². The minimum atomic E-state index is -3.36. The second-order valence-corrected chi connectivity index (χ2v) is 8.60. The van der Waals surface area contributed by atoms with E-state index in [-0.39, 0.29) is 41.3 Å². The highest BCUT2D eigenvalue weighted by molar-refractivity contribution is 7.90. The maximum atomic E-state index is 12.5. The largest absolute Gasteiger partial charge is 0.481 e. The number of sulfone groups is 1. The molecule has 0 saturated heterocycles. The lowest BCUT2D eigenvalue weighted by molar-refractivity contribution is -0.137. The minimum absolute atomic E-state index is 0.00988. The number of Topliss-reactive ketones (excluding diaryl/α,β-unsaturated/α-hetero) is 1. The highest BCUT2D eigenvalue weighted by Crippen LogP contribution is 2.35. The molecule has 8 heteroatoms. The van der Waals surface area contributed by atoms with Crippen molar-refractivity contribution in [2.75, 3.05) is 12.9 Å². The fraction of sp³-hybridized carbons (Fsp3) is 0.190. The Kier molecular flexibility index (Phi) is 5.65. The van der Waals surface area contributed by atoms with Crippen molar-refractivity contribution in [3.63, 3.8) is 0 Å². The highest BCUT2D eigenvalue weighted by Gasteiger charge is 2.30. The number of carbonyl (C=O) groups excluding carboxylic acids is 2. The molecule has 0 fully saturated rings. The average Bonchev–Trinajstić information content (AvgIpc) is 3.06. The SMILES string of the molecule is CS(=O)(=O)c1ccc(C2=C(c3ccccc3C(=O)CCC(=O)O)C(=O)OC2)cc1. The fourth-order valence-electron chi connectivity index (χ4n) is 3.11. The Bertz CT molecular complexity index is 1130. The van der Waals surface area contributed by atoms with Gasteiger partial charge in [0.05, 0.1) is 16.9 Å². The lowest BCUT2D eigenvalue weighted by Crippen LogP contribution is -2.09. The van der Waals surface area contributed by atoms with Crippen LogP contribution in [0.25, 0.3) is 11.1 Å². The van der Waals surface area contributed by atoms with Crippen molar-refractivity contribution in [1.29, 1.82) is 0 Å². The maximum absolute atomic E-state index is 12.5. The van der Waals surface area contributed by atoms with Gasteiger partial charge in [-0.3, -0.25) is 9.59 Å². The molecule has 7 nitrogen and oxygen atoms in total. The second-order valence-electron chi connectivity index (χ2n) is 6.59. The number of carboxylic acid groups (broad SMARTS) is 1. The summed E-state index contributed by atoms with van der Waals surface area (Å²) in [5, 5.41) is 8.82. The zero-order valence-electron chi connectivity index (χ0n) is 15.5. The Hall–Kier alpha value is -3.26. The molecule has 0 radical (unpaired) electrons. The number of ketones is 1. The molecule has 0 saturated carbocycles. The molecule has 1 aliphatic rings. The van der Waals surface area contributed by atoms with Crippen LogP contribution in [-0.2, 0) is 24.2 Å². The first-order valence-corrected chi connectivity index (χ1v) is 10.6. The van der Waals surface area contributed by atoms with Crippen molar-refractivity contribution >= 4 is 38.7 Å². The van der Waals surface area contributed by atoms with Crippen LogP contribution in [-0.4, -0.2) is 44.1 Å². The average molecular weight is 414 g/mol. The van der Waals surface area contributed by atoms with Crippen LogP contribution in [0.3, 0.4) is 0 Å². The van der Waals surface area contributed by atoms with E-state index < -0.39 is 21.8 Å². The first-order valence-electron chi connectivity index (χ1n) is 8.73. The standard InChI is InChI=1S/C21H18O7S/c1-29(26,27)14-8-6-13(7-9-14)17-12-28-21(25)20(17)16-5-3-2-4-15(16)18(22)10-11-19(23)24/h2-9H,10-12H2,1H3,(H,23,24). The predicted octanol–water partition coefficient (Wildman–Crippen LogP) is 2.61. The van der Waals surface area contributed by atoms with Gasteiger partial charge in [-0.1, -0.05) is 36.4 Å². The van der Waals surface area contributed by atoms with Gasteiger partial charge in [0.1, 0.15) is 6.61 Å². The van der Waals surface area contributed by atoms with Crippen molar-refractivity contribution in [2.24, 2.45) is 0 Å². The molecule has 3 rings (SSSR count). The van der Waals surface area contributed by atoms with Gasteiger partial charge >= 0.3 is 11.9 Å². The van der Waals surface area contributed by atoms with E-state index in [1.54, 1.807) is 36.4 Å². The summed E-state index contributed by atoms with van der Waals surface area (Å²) in [6.45, 7) is -0.00988. The molecule has 1 N–H and O–H groups in total. The van der Waals surface area contributed by atoms with E-state index in [2.05, 4.69) is 0 Å². The number of carboxylic acids is 1. The van der Waals surface area contributed by atoms with Crippen molar-refractivity contribution in [3.05, 3.63) is 65.2 Å². The smallest absolute Gasteiger partial charge is 0.339 e. The Labute approximate surface area is 167 Å². The Morgan fingerprint density at radius 2 is 1.69 bits per heavy atom. The first-order chi connectivity index (χ1) is 13.7. The zero-order chi connectivity index (χ0) is 21.2. The van der Waals surface area contributed by atoms with Crippen LogP contribution in [0, 0.1) is 0 Å². The van der Waals surface area contributed by atoms with Crippen LogP contribution in [0.5, 0.6) is 0 Å². The lowest BCUT2D eigenvalue weighted by atomic mass is 9.91. The van der Waals surface area contributed by atoms with E-state index in [1.165, 1.54) is 12.1 Å². The first kappa shape index (κ1) is 20.5. The number of ether oxygens (including phenoxy) is 1. The molecule has 0 aromatic heterocycles. The fourth-order valence-corrected chi connectivity index (χ4v) is 3.74. The molecule has 0 aliphatic carbocycles. The molecular formula is C21H18O7S. The van der Waals surface area contributed by atoms with Gasteiger partial charge in [-0.15, -0.1) is 0 Å². The number of esters is 1. The molecule has 0 amide bonds. The summed E-state index contributed by atoms with van der Waals surface area (Å²) in [5.41, 5.74) is 1.97. The third kappa shape index (κ3) is 4.43. The number of aliphatic carboxylic acids is 1. The van der Waals surface area contributed by atoms with Crippen LogP contribution < -0.4 is 0 Å². The normalized spacial score (nSPS) is 14.0. The Balaban J connectivity index is 2.07. The molecule has 150 valence electrons. The monoisotopic (exact) mass is 414 g/mol. The van der Waals surface area contributed by atoms with Crippen molar-refractivity contribution in [2.45, 2.75) is 17.7 Å². The molecule has 1 aliphatic heterocycles. The molecule has 0 unspecified atom stereocenters. The quantitative estimate of drug-likeness (QED) is 0.547. The van der Waals surface area contributed by atoms with E-state index in [9.17, 15) is 22.8 Å². The van der Waals surface area contributed by atoms with Crippen LogP contribution in [0.2, 0.25) is 0 Å². The molecule has 2 aromatic carbocycles. The minimum Gasteiger partial charge on any atom is -0.481 e. The molecule has 0 bridgehead atoms. The Morgan fingerprint density at radius 3 is 2.31 bits per heavy atom. The summed E-state index contributed by atoms with van der Waals surface area (Å²) in [6, 6.07) is 12.5. The number of carbonyl (C=O) groups is 3. The topological polar surface area (TPSA) is 115 Å². The molecule has 2 aromatic rings. The van der Waals surface area contributed by atoms with E-state index in [0.29, 0.717) is 16.7 Å².